The fraction of sp³-hybridized carbons (Fsp3) is 0.263. The molecule has 6 nitrogen and oxygen atoms in total. The number of hydrogen-bond acceptors (Lipinski definition) is 6. The van der Waals surface area contributed by atoms with Crippen molar-refractivity contribution in [3.8, 4) is 17.1 Å². The van der Waals surface area contributed by atoms with Crippen molar-refractivity contribution in [2.75, 3.05) is 12.9 Å². The highest BCUT2D eigenvalue weighted by atomic mass is 32.2. The first-order chi connectivity index (χ1) is 13.0. The van der Waals surface area contributed by atoms with E-state index in [0.29, 0.717) is 22.4 Å². The molecular formula is C19H18N4O2S2. The summed E-state index contributed by atoms with van der Waals surface area (Å²) < 4.78 is 5.34. The molecule has 138 valence electrons. The molecule has 8 heteroatoms. The molecular weight excluding hydrogens is 380 g/mol. The lowest BCUT2D eigenvalue weighted by molar-refractivity contribution is -0.115. The molecule has 27 heavy (non-hydrogen) atoms. The van der Waals surface area contributed by atoms with Gasteiger partial charge in [-0.3, -0.25) is 9.89 Å². The number of aromatic amines is 1. The van der Waals surface area contributed by atoms with E-state index in [2.05, 4.69) is 20.0 Å². The zero-order valence-corrected chi connectivity index (χ0v) is 16.8. The zero-order chi connectivity index (χ0) is 19.4. The van der Waals surface area contributed by atoms with E-state index in [4.69, 9.17) is 11.3 Å². The number of Topliss-reactive ketones (excluding diaryl/α,β-unsaturated/α-hetero) is 1. The Morgan fingerprint density at radius 2 is 2.15 bits per heavy atom. The van der Waals surface area contributed by atoms with Gasteiger partial charge in [-0.05, 0) is 36.4 Å². The molecule has 0 saturated heterocycles. The van der Waals surface area contributed by atoms with Crippen molar-refractivity contribution in [1.82, 2.24) is 15.2 Å². The molecule has 0 atom stereocenters. The van der Waals surface area contributed by atoms with Gasteiger partial charge in [-0.15, -0.1) is 5.10 Å². The molecule has 0 amide bonds. The summed E-state index contributed by atoms with van der Waals surface area (Å²) in [6, 6.07) is 7.54. The van der Waals surface area contributed by atoms with Gasteiger partial charge in [0.2, 0.25) is 10.8 Å². The van der Waals surface area contributed by atoms with Crippen LogP contribution in [0.1, 0.15) is 15.3 Å². The Morgan fingerprint density at radius 3 is 2.89 bits per heavy atom. The van der Waals surface area contributed by atoms with Gasteiger partial charge in [0.25, 0.3) is 0 Å². The van der Waals surface area contributed by atoms with E-state index in [9.17, 15) is 4.79 Å². The van der Waals surface area contributed by atoms with Gasteiger partial charge in [0.15, 0.2) is 5.82 Å². The molecule has 0 aliphatic carbocycles. The number of thiophene rings is 1. The minimum atomic E-state index is 0.0507. The normalized spacial score (nSPS) is 10.6. The van der Waals surface area contributed by atoms with Crippen molar-refractivity contribution in [2.45, 2.75) is 25.4 Å². The molecule has 2 aromatic heterocycles. The minimum absolute atomic E-state index is 0.0507. The van der Waals surface area contributed by atoms with Crippen LogP contribution in [0.25, 0.3) is 16.2 Å². The SMILES string of the molecule is [C-]#[N+]c1c(CC(=O)CSc2n[nH]c(-c3ccccc3OC)n2)sc(C)c1C. The Bertz CT molecular complexity index is 1020. The molecule has 0 fully saturated rings. The topological polar surface area (TPSA) is 72.2 Å². The summed E-state index contributed by atoms with van der Waals surface area (Å²) in [5.74, 6) is 1.62. The number of ether oxygens (including phenoxy) is 1. The number of para-hydroxylation sites is 1. The Hall–Kier alpha value is -2.63. The molecule has 0 unspecified atom stereocenters. The first-order valence-electron chi connectivity index (χ1n) is 8.20. The number of carbonyl (C=O) groups is 1. The van der Waals surface area contributed by atoms with Crippen molar-refractivity contribution < 1.29 is 9.53 Å². The number of ketones is 1. The highest BCUT2D eigenvalue weighted by Gasteiger charge is 2.17. The molecule has 0 aliphatic rings. The van der Waals surface area contributed by atoms with Gasteiger partial charge in [0.05, 0.1) is 25.0 Å². The second kappa shape index (κ2) is 8.37. The van der Waals surface area contributed by atoms with Gasteiger partial charge in [-0.1, -0.05) is 23.9 Å². The number of aromatic nitrogens is 3. The van der Waals surface area contributed by atoms with Crippen molar-refractivity contribution in [3.63, 3.8) is 0 Å². The van der Waals surface area contributed by atoms with E-state index >= 15 is 0 Å². The number of carbonyl (C=O) groups excluding carboxylic acids is 1. The van der Waals surface area contributed by atoms with Gasteiger partial charge in [0, 0.05) is 11.3 Å². The second-order valence-corrected chi connectivity index (χ2v) is 8.09. The van der Waals surface area contributed by atoms with Crippen molar-refractivity contribution in [2.24, 2.45) is 0 Å². The molecule has 0 spiro atoms. The number of thioether (sulfide) groups is 1. The molecule has 2 heterocycles. The van der Waals surface area contributed by atoms with Crippen molar-refractivity contribution in [3.05, 3.63) is 51.0 Å². The summed E-state index contributed by atoms with van der Waals surface area (Å²) in [5.41, 5.74) is 2.41. The predicted molar refractivity (Wildman–Crippen MR) is 108 cm³/mol. The lowest BCUT2D eigenvalue weighted by Gasteiger charge is -2.04. The number of H-pyrrole nitrogens is 1. The average molecular weight is 399 g/mol. The van der Waals surface area contributed by atoms with E-state index in [0.717, 1.165) is 20.9 Å². The summed E-state index contributed by atoms with van der Waals surface area (Å²) in [7, 11) is 1.61. The van der Waals surface area contributed by atoms with Crippen LogP contribution in [-0.2, 0) is 11.2 Å². The van der Waals surface area contributed by atoms with Crippen LogP contribution >= 0.6 is 23.1 Å². The molecule has 3 aromatic rings. The Morgan fingerprint density at radius 1 is 1.37 bits per heavy atom. The average Bonchev–Trinajstić information content (AvgIpc) is 3.25. The van der Waals surface area contributed by atoms with Crippen molar-refractivity contribution in [1.29, 1.82) is 0 Å². The van der Waals surface area contributed by atoms with Gasteiger partial charge in [-0.2, -0.15) is 11.3 Å². The monoisotopic (exact) mass is 398 g/mol. The van der Waals surface area contributed by atoms with Crippen LogP contribution in [0.3, 0.4) is 0 Å². The van der Waals surface area contributed by atoms with Gasteiger partial charge < -0.3 is 4.74 Å². The molecule has 1 aromatic carbocycles. The van der Waals surface area contributed by atoms with E-state index in [1.807, 2.05) is 38.1 Å². The van der Waals surface area contributed by atoms with Crippen LogP contribution in [0.4, 0.5) is 5.69 Å². The van der Waals surface area contributed by atoms with Crippen LogP contribution in [0, 0.1) is 20.4 Å². The number of nitrogens with zero attached hydrogens (tertiary/aromatic N) is 3. The number of hydrogen-bond donors (Lipinski definition) is 1. The molecule has 0 saturated carbocycles. The minimum Gasteiger partial charge on any atom is -0.496 e. The first-order valence-corrected chi connectivity index (χ1v) is 10.00. The van der Waals surface area contributed by atoms with E-state index in [1.54, 1.807) is 7.11 Å². The number of aryl methyl sites for hydroxylation is 1. The molecule has 1 N–H and O–H groups in total. The summed E-state index contributed by atoms with van der Waals surface area (Å²) in [6.45, 7) is 11.2. The third-order valence-corrected chi connectivity index (χ3v) is 6.19. The highest BCUT2D eigenvalue weighted by Crippen LogP contribution is 2.35. The first kappa shape index (κ1) is 19.1. The van der Waals surface area contributed by atoms with Crippen LogP contribution < -0.4 is 4.74 Å². The van der Waals surface area contributed by atoms with Crippen LogP contribution in [-0.4, -0.2) is 33.8 Å². The summed E-state index contributed by atoms with van der Waals surface area (Å²) in [4.78, 5) is 22.3. The van der Waals surface area contributed by atoms with Gasteiger partial charge >= 0.3 is 0 Å². The maximum Gasteiger partial charge on any atom is 0.209 e. The van der Waals surface area contributed by atoms with E-state index in [-0.39, 0.29) is 18.0 Å². The third-order valence-electron chi connectivity index (χ3n) is 4.08. The van der Waals surface area contributed by atoms with Gasteiger partial charge in [-0.25, -0.2) is 9.83 Å². The largest absolute Gasteiger partial charge is 0.496 e. The quantitative estimate of drug-likeness (QED) is 0.465. The number of benzene rings is 1. The van der Waals surface area contributed by atoms with Crippen LogP contribution in [0.15, 0.2) is 29.4 Å². The van der Waals surface area contributed by atoms with Gasteiger partial charge in [0.1, 0.15) is 11.5 Å². The number of nitrogens with one attached hydrogen (secondary N) is 1. The maximum atomic E-state index is 12.3. The highest BCUT2D eigenvalue weighted by molar-refractivity contribution is 7.99. The Kier molecular flexibility index (Phi) is 5.94. The van der Waals surface area contributed by atoms with Crippen molar-refractivity contribution >= 4 is 34.6 Å². The van der Waals surface area contributed by atoms with Crippen LogP contribution in [0.2, 0.25) is 0 Å². The lowest BCUT2D eigenvalue weighted by atomic mass is 10.2. The summed E-state index contributed by atoms with van der Waals surface area (Å²) in [5, 5.41) is 7.57. The van der Waals surface area contributed by atoms with Crippen LogP contribution in [0.5, 0.6) is 5.75 Å². The Balaban J connectivity index is 1.64. The lowest BCUT2D eigenvalue weighted by Crippen LogP contribution is -2.04. The van der Waals surface area contributed by atoms with E-state index in [1.165, 1.54) is 23.1 Å². The fourth-order valence-electron chi connectivity index (χ4n) is 2.60. The second-order valence-electron chi connectivity index (χ2n) is 5.84. The maximum absolute atomic E-state index is 12.3. The zero-order valence-electron chi connectivity index (χ0n) is 15.2. The fourth-order valence-corrected chi connectivity index (χ4v) is 4.40. The molecule has 0 radical (unpaired) electrons. The smallest absolute Gasteiger partial charge is 0.209 e. The van der Waals surface area contributed by atoms with E-state index < -0.39 is 0 Å². The Labute approximate surface area is 165 Å². The molecule has 0 bridgehead atoms. The third kappa shape index (κ3) is 4.21. The molecule has 0 aliphatic heterocycles. The molecule has 3 rings (SSSR count). The number of methoxy groups -OCH3 is 1. The summed E-state index contributed by atoms with van der Waals surface area (Å²) >= 11 is 2.81. The summed E-state index contributed by atoms with van der Waals surface area (Å²) in [6.07, 6.45) is 0.272. The standard InChI is InChI=1S/C19H18N4O2S2/c1-11-12(2)27-16(17(11)20-3)9-13(24)10-26-19-21-18(22-23-19)14-7-5-6-8-15(14)25-4/h5-8H,9-10H2,1-2,4H3,(H,21,22,23). The predicted octanol–water partition coefficient (Wildman–Crippen LogP) is 4.61. The number of rotatable bonds is 7.